The summed E-state index contributed by atoms with van der Waals surface area (Å²) in [6.45, 7) is 6.97. The van der Waals surface area contributed by atoms with Crippen molar-refractivity contribution in [3.8, 4) is 11.5 Å². The van der Waals surface area contributed by atoms with Gasteiger partial charge in [-0.1, -0.05) is 32.0 Å². The minimum Gasteiger partial charge on any atom is -0.497 e. The van der Waals surface area contributed by atoms with Crippen LogP contribution in [0.25, 0.3) is 0 Å². The fraction of sp³-hybridized carbons (Fsp3) is 0.406. The number of anilines is 2. The average molecular weight is 565 g/mol. The van der Waals surface area contributed by atoms with Crippen molar-refractivity contribution in [2.24, 2.45) is 5.41 Å². The SMILES string of the molecule is COc1ccc(COc2c(F)cc(COC(=O)Nc3cccc(N4CCCC4)c3)cc2C2OCC(C)(C)CO2)cc1. The van der Waals surface area contributed by atoms with Crippen molar-refractivity contribution < 1.29 is 32.9 Å². The van der Waals surface area contributed by atoms with Gasteiger partial charge in [0, 0.05) is 29.9 Å². The maximum atomic E-state index is 15.5. The van der Waals surface area contributed by atoms with Gasteiger partial charge in [0.2, 0.25) is 0 Å². The fourth-order valence-electron chi connectivity index (χ4n) is 4.89. The van der Waals surface area contributed by atoms with Gasteiger partial charge < -0.3 is 28.6 Å². The van der Waals surface area contributed by atoms with E-state index < -0.39 is 18.2 Å². The molecule has 0 radical (unpaired) electrons. The van der Waals surface area contributed by atoms with Crippen molar-refractivity contribution in [2.45, 2.75) is 46.2 Å². The summed E-state index contributed by atoms with van der Waals surface area (Å²) in [5, 5.41) is 2.77. The summed E-state index contributed by atoms with van der Waals surface area (Å²) in [6, 6.07) is 18.0. The zero-order valence-corrected chi connectivity index (χ0v) is 23.8. The lowest BCUT2D eigenvalue weighted by molar-refractivity contribution is -0.226. The third-order valence-corrected chi connectivity index (χ3v) is 7.11. The molecule has 218 valence electrons. The van der Waals surface area contributed by atoms with Gasteiger partial charge in [-0.05, 0) is 66.4 Å². The first-order chi connectivity index (χ1) is 19.8. The molecule has 0 spiro atoms. The van der Waals surface area contributed by atoms with Crippen LogP contribution in [0.4, 0.5) is 20.6 Å². The van der Waals surface area contributed by atoms with Crippen LogP contribution in [0, 0.1) is 11.2 Å². The Bertz CT molecular complexity index is 1330. The van der Waals surface area contributed by atoms with Crippen LogP contribution in [0.1, 0.15) is 49.7 Å². The smallest absolute Gasteiger partial charge is 0.411 e. The Morgan fingerprint density at radius 2 is 1.73 bits per heavy atom. The summed E-state index contributed by atoms with van der Waals surface area (Å²) in [6.07, 6.45) is 0.888. The van der Waals surface area contributed by atoms with Crippen LogP contribution >= 0.6 is 0 Å². The van der Waals surface area contributed by atoms with E-state index in [0.29, 0.717) is 30.0 Å². The summed E-state index contributed by atoms with van der Waals surface area (Å²) >= 11 is 0. The highest BCUT2D eigenvalue weighted by Gasteiger charge is 2.32. The maximum absolute atomic E-state index is 15.5. The first kappa shape index (κ1) is 28.7. The molecule has 0 bridgehead atoms. The summed E-state index contributed by atoms with van der Waals surface area (Å²) in [5.74, 6) is 0.169. The van der Waals surface area contributed by atoms with Crippen LogP contribution in [-0.4, -0.2) is 39.5 Å². The number of carbonyl (C=O) groups excluding carboxylic acids is 1. The number of hydrogen-bond acceptors (Lipinski definition) is 7. The van der Waals surface area contributed by atoms with E-state index >= 15 is 4.39 Å². The number of hydrogen-bond donors (Lipinski definition) is 1. The maximum Gasteiger partial charge on any atom is 0.411 e. The largest absolute Gasteiger partial charge is 0.497 e. The Labute approximate surface area is 240 Å². The first-order valence-corrected chi connectivity index (χ1v) is 13.9. The lowest BCUT2D eigenvalue weighted by atomic mass is 9.95. The minimum atomic E-state index is -0.814. The second kappa shape index (κ2) is 12.8. The van der Waals surface area contributed by atoms with Crippen molar-refractivity contribution in [3.63, 3.8) is 0 Å². The molecule has 1 amide bonds. The molecular formula is C32H37FN2O6. The van der Waals surface area contributed by atoms with Gasteiger partial charge in [-0.25, -0.2) is 9.18 Å². The average Bonchev–Trinajstić information content (AvgIpc) is 3.51. The molecule has 2 aliphatic heterocycles. The van der Waals surface area contributed by atoms with Crippen LogP contribution in [0.15, 0.2) is 60.7 Å². The van der Waals surface area contributed by atoms with Crippen molar-refractivity contribution >= 4 is 17.5 Å². The molecule has 9 heteroatoms. The van der Waals surface area contributed by atoms with Gasteiger partial charge in [-0.3, -0.25) is 5.32 Å². The monoisotopic (exact) mass is 564 g/mol. The van der Waals surface area contributed by atoms with Crippen LogP contribution in [-0.2, 0) is 27.4 Å². The number of carbonyl (C=O) groups is 1. The van der Waals surface area contributed by atoms with Crippen LogP contribution in [0.2, 0.25) is 0 Å². The van der Waals surface area contributed by atoms with Gasteiger partial charge in [0.05, 0.1) is 25.9 Å². The van der Waals surface area contributed by atoms with E-state index in [1.54, 1.807) is 13.2 Å². The molecule has 3 aromatic carbocycles. The Kier molecular flexibility index (Phi) is 8.95. The molecule has 2 fully saturated rings. The van der Waals surface area contributed by atoms with Crippen molar-refractivity contribution in [1.29, 1.82) is 0 Å². The summed E-state index contributed by atoms with van der Waals surface area (Å²) < 4.78 is 44.0. The van der Waals surface area contributed by atoms with Crippen molar-refractivity contribution in [1.82, 2.24) is 0 Å². The fourth-order valence-corrected chi connectivity index (χ4v) is 4.89. The number of nitrogens with one attached hydrogen (secondary N) is 1. The molecule has 0 saturated carbocycles. The van der Waals surface area contributed by atoms with E-state index in [2.05, 4.69) is 10.2 Å². The predicted molar refractivity (Wildman–Crippen MR) is 154 cm³/mol. The molecule has 0 atom stereocenters. The van der Waals surface area contributed by atoms with Gasteiger partial charge in [0.15, 0.2) is 17.9 Å². The molecule has 8 nitrogen and oxygen atoms in total. The Hall–Kier alpha value is -3.82. The molecule has 2 heterocycles. The summed E-state index contributed by atoms with van der Waals surface area (Å²) in [4.78, 5) is 14.9. The zero-order valence-electron chi connectivity index (χ0n) is 23.8. The van der Waals surface area contributed by atoms with E-state index in [1.807, 2.05) is 62.4 Å². The van der Waals surface area contributed by atoms with E-state index in [0.717, 1.165) is 42.9 Å². The minimum absolute atomic E-state index is 0.0393. The molecule has 0 aromatic heterocycles. The van der Waals surface area contributed by atoms with Gasteiger partial charge in [0.1, 0.15) is 19.0 Å². The lowest BCUT2D eigenvalue weighted by Gasteiger charge is -2.35. The molecule has 3 aromatic rings. The number of methoxy groups -OCH3 is 1. The van der Waals surface area contributed by atoms with E-state index in [9.17, 15) is 4.79 Å². The molecule has 0 aliphatic carbocycles. The predicted octanol–water partition coefficient (Wildman–Crippen LogP) is 6.83. The first-order valence-electron chi connectivity index (χ1n) is 13.9. The number of rotatable bonds is 9. The van der Waals surface area contributed by atoms with Crippen molar-refractivity contribution in [2.75, 3.05) is 43.6 Å². The van der Waals surface area contributed by atoms with E-state index in [-0.39, 0.29) is 24.4 Å². The zero-order chi connectivity index (χ0) is 28.8. The quantitative estimate of drug-likeness (QED) is 0.305. The van der Waals surface area contributed by atoms with E-state index in [1.165, 1.54) is 6.07 Å². The van der Waals surface area contributed by atoms with Crippen LogP contribution in [0.5, 0.6) is 11.5 Å². The number of benzene rings is 3. The molecule has 1 N–H and O–H groups in total. The standard InChI is InChI=1S/C32H37FN2O6/c1-32(2)20-40-30(41-21-32)27-15-23(16-28(33)29(27)38-18-22-9-11-26(37-3)12-10-22)19-39-31(36)34-24-7-6-8-25(17-24)35-13-4-5-14-35/h6-12,15-17,30H,4-5,13-14,18-21H2,1-3H3,(H,34,36). The highest BCUT2D eigenvalue weighted by atomic mass is 19.1. The molecule has 0 unspecified atom stereocenters. The van der Waals surface area contributed by atoms with Crippen LogP contribution < -0.4 is 19.7 Å². The van der Waals surface area contributed by atoms with Gasteiger partial charge in [-0.2, -0.15) is 0 Å². The Balaban J connectivity index is 1.28. The number of amides is 1. The second-order valence-electron chi connectivity index (χ2n) is 11.2. The highest BCUT2D eigenvalue weighted by molar-refractivity contribution is 5.85. The second-order valence-corrected chi connectivity index (χ2v) is 11.2. The topological polar surface area (TPSA) is 78.5 Å². The Morgan fingerprint density at radius 1 is 1.00 bits per heavy atom. The third kappa shape index (κ3) is 7.48. The summed E-state index contributed by atoms with van der Waals surface area (Å²) in [5.41, 5.74) is 3.25. The highest BCUT2D eigenvalue weighted by Crippen LogP contribution is 2.38. The molecule has 2 saturated heterocycles. The normalized spacial score (nSPS) is 16.8. The summed E-state index contributed by atoms with van der Waals surface area (Å²) in [7, 11) is 1.60. The molecular weight excluding hydrogens is 527 g/mol. The number of ether oxygens (including phenoxy) is 5. The molecule has 5 rings (SSSR count). The van der Waals surface area contributed by atoms with Gasteiger partial charge >= 0.3 is 6.09 Å². The van der Waals surface area contributed by atoms with Gasteiger partial charge in [-0.15, -0.1) is 0 Å². The Morgan fingerprint density at radius 3 is 2.44 bits per heavy atom. The molecule has 41 heavy (non-hydrogen) atoms. The number of nitrogens with zero attached hydrogens (tertiary/aromatic N) is 1. The van der Waals surface area contributed by atoms with Crippen molar-refractivity contribution in [3.05, 3.63) is 83.2 Å². The lowest BCUT2D eigenvalue weighted by Crippen LogP contribution is -2.34. The third-order valence-electron chi connectivity index (χ3n) is 7.11. The molecule has 2 aliphatic rings. The van der Waals surface area contributed by atoms with Crippen LogP contribution in [0.3, 0.4) is 0 Å². The number of halogens is 1. The van der Waals surface area contributed by atoms with Gasteiger partial charge in [0.25, 0.3) is 0 Å². The van der Waals surface area contributed by atoms with E-state index in [4.69, 9.17) is 23.7 Å².